The van der Waals surface area contributed by atoms with Crippen LogP contribution in [0.15, 0.2) is 10.5 Å². The molecule has 1 atom stereocenters. The summed E-state index contributed by atoms with van der Waals surface area (Å²) in [5.41, 5.74) is 2.42. The molecular weight excluding hydrogens is 294 g/mol. The maximum absolute atomic E-state index is 5.57. The molecule has 1 N–H and O–H groups in total. The molecule has 3 nitrogen and oxygen atoms in total. The first kappa shape index (κ1) is 13.7. The summed E-state index contributed by atoms with van der Waals surface area (Å²) in [4.78, 5) is 0. The number of hydrogen-bond acceptors (Lipinski definition) is 3. The van der Waals surface area contributed by atoms with Crippen LogP contribution in [0.5, 0.6) is 11.5 Å². The van der Waals surface area contributed by atoms with Crippen LogP contribution in [0.4, 0.5) is 0 Å². The van der Waals surface area contributed by atoms with Crippen molar-refractivity contribution in [1.82, 2.24) is 5.32 Å². The molecular formula is C14H20BrNO2. The molecule has 1 saturated heterocycles. The molecule has 100 valence electrons. The van der Waals surface area contributed by atoms with Gasteiger partial charge >= 0.3 is 0 Å². The molecule has 1 unspecified atom stereocenters. The Morgan fingerprint density at radius 1 is 1.28 bits per heavy atom. The lowest BCUT2D eigenvalue weighted by Crippen LogP contribution is -2.28. The minimum Gasteiger partial charge on any atom is -0.495 e. The molecule has 0 spiro atoms. The molecule has 0 aromatic heterocycles. The molecule has 1 aliphatic heterocycles. The second-order valence-electron chi connectivity index (χ2n) is 4.71. The Hall–Kier alpha value is -0.740. The van der Waals surface area contributed by atoms with Gasteiger partial charge in [-0.2, -0.15) is 0 Å². The SMILES string of the molecule is COc1c(C)cc(C2CCCNC2)c(OC)c1Br. The number of rotatable bonds is 3. The van der Waals surface area contributed by atoms with Gasteiger partial charge in [0.25, 0.3) is 0 Å². The molecule has 1 fully saturated rings. The predicted molar refractivity (Wildman–Crippen MR) is 76.8 cm³/mol. The first-order chi connectivity index (χ1) is 8.69. The number of methoxy groups -OCH3 is 2. The Balaban J connectivity index is 2.45. The summed E-state index contributed by atoms with van der Waals surface area (Å²) in [7, 11) is 3.41. The van der Waals surface area contributed by atoms with E-state index in [0.717, 1.165) is 34.6 Å². The zero-order valence-corrected chi connectivity index (χ0v) is 12.8. The molecule has 4 heteroatoms. The van der Waals surface area contributed by atoms with Crippen LogP contribution >= 0.6 is 15.9 Å². The third-order valence-electron chi connectivity index (χ3n) is 3.54. The number of piperidine rings is 1. The van der Waals surface area contributed by atoms with Gasteiger partial charge in [0.2, 0.25) is 0 Å². The number of halogens is 1. The van der Waals surface area contributed by atoms with Crippen molar-refractivity contribution >= 4 is 15.9 Å². The van der Waals surface area contributed by atoms with Crippen LogP contribution in [0.1, 0.15) is 29.9 Å². The molecule has 1 aromatic rings. The fourth-order valence-electron chi connectivity index (χ4n) is 2.65. The van der Waals surface area contributed by atoms with E-state index < -0.39 is 0 Å². The zero-order valence-electron chi connectivity index (χ0n) is 11.2. The molecule has 2 rings (SSSR count). The zero-order chi connectivity index (χ0) is 13.1. The van der Waals surface area contributed by atoms with Gasteiger partial charge in [0.15, 0.2) is 0 Å². The average Bonchev–Trinajstić information content (AvgIpc) is 2.39. The second-order valence-corrected chi connectivity index (χ2v) is 5.50. The number of hydrogen-bond donors (Lipinski definition) is 1. The molecule has 18 heavy (non-hydrogen) atoms. The van der Waals surface area contributed by atoms with Gasteiger partial charge in [-0.25, -0.2) is 0 Å². The summed E-state index contributed by atoms with van der Waals surface area (Å²) < 4.78 is 11.9. The fourth-order valence-corrected chi connectivity index (χ4v) is 3.51. The van der Waals surface area contributed by atoms with Gasteiger partial charge in [-0.15, -0.1) is 0 Å². The largest absolute Gasteiger partial charge is 0.495 e. The summed E-state index contributed by atoms with van der Waals surface area (Å²) in [5.74, 6) is 2.29. The Morgan fingerprint density at radius 3 is 2.56 bits per heavy atom. The molecule has 1 aliphatic rings. The van der Waals surface area contributed by atoms with E-state index in [1.165, 1.54) is 18.4 Å². The topological polar surface area (TPSA) is 30.5 Å². The maximum Gasteiger partial charge on any atom is 0.140 e. The lowest BCUT2D eigenvalue weighted by molar-refractivity contribution is 0.374. The third-order valence-corrected chi connectivity index (χ3v) is 4.26. The van der Waals surface area contributed by atoms with Crippen molar-refractivity contribution in [2.24, 2.45) is 0 Å². The summed E-state index contributed by atoms with van der Waals surface area (Å²) in [5, 5.41) is 3.45. The van der Waals surface area contributed by atoms with Crippen molar-refractivity contribution in [2.45, 2.75) is 25.7 Å². The van der Waals surface area contributed by atoms with Crippen LogP contribution in [0, 0.1) is 6.92 Å². The van der Waals surface area contributed by atoms with Crippen molar-refractivity contribution < 1.29 is 9.47 Å². The van der Waals surface area contributed by atoms with E-state index >= 15 is 0 Å². The average molecular weight is 314 g/mol. The van der Waals surface area contributed by atoms with Crippen molar-refractivity contribution in [3.63, 3.8) is 0 Å². The summed E-state index contributed by atoms with van der Waals surface area (Å²) in [6.45, 7) is 4.21. The quantitative estimate of drug-likeness (QED) is 0.929. The Labute approximate surface area is 117 Å². The first-order valence-electron chi connectivity index (χ1n) is 6.30. The van der Waals surface area contributed by atoms with E-state index in [0.29, 0.717) is 5.92 Å². The molecule has 0 bridgehead atoms. The molecule has 0 amide bonds. The van der Waals surface area contributed by atoms with Gasteiger partial charge in [-0.3, -0.25) is 0 Å². The number of aryl methyl sites for hydroxylation is 1. The van der Waals surface area contributed by atoms with Crippen LogP contribution in [-0.4, -0.2) is 27.3 Å². The molecule has 0 saturated carbocycles. The first-order valence-corrected chi connectivity index (χ1v) is 7.10. The lowest BCUT2D eigenvalue weighted by Gasteiger charge is -2.26. The highest BCUT2D eigenvalue weighted by molar-refractivity contribution is 9.10. The number of ether oxygens (including phenoxy) is 2. The molecule has 1 aromatic carbocycles. The van der Waals surface area contributed by atoms with E-state index in [4.69, 9.17) is 9.47 Å². The minimum absolute atomic E-state index is 0.523. The van der Waals surface area contributed by atoms with Gasteiger partial charge in [0.1, 0.15) is 16.0 Å². The fraction of sp³-hybridized carbons (Fsp3) is 0.571. The summed E-state index contributed by atoms with van der Waals surface area (Å²) >= 11 is 3.60. The van der Waals surface area contributed by atoms with Gasteiger partial charge in [0, 0.05) is 18.0 Å². The van der Waals surface area contributed by atoms with Gasteiger partial charge in [-0.1, -0.05) is 0 Å². The van der Waals surface area contributed by atoms with E-state index in [2.05, 4.69) is 34.2 Å². The highest BCUT2D eigenvalue weighted by atomic mass is 79.9. The van der Waals surface area contributed by atoms with Crippen LogP contribution < -0.4 is 14.8 Å². The lowest BCUT2D eigenvalue weighted by atomic mass is 9.90. The Morgan fingerprint density at radius 2 is 2.00 bits per heavy atom. The monoisotopic (exact) mass is 313 g/mol. The van der Waals surface area contributed by atoms with Gasteiger partial charge < -0.3 is 14.8 Å². The molecule has 1 heterocycles. The van der Waals surface area contributed by atoms with Crippen molar-refractivity contribution in [3.05, 3.63) is 21.7 Å². The van der Waals surface area contributed by atoms with Crippen molar-refractivity contribution in [2.75, 3.05) is 27.3 Å². The van der Waals surface area contributed by atoms with Crippen LogP contribution in [0.3, 0.4) is 0 Å². The highest BCUT2D eigenvalue weighted by Crippen LogP contribution is 2.43. The Kier molecular flexibility index (Phi) is 4.51. The van der Waals surface area contributed by atoms with Crippen LogP contribution in [0.2, 0.25) is 0 Å². The Bertz CT molecular complexity index is 428. The number of benzene rings is 1. The smallest absolute Gasteiger partial charge is 0.140 e. The maximum atomic E-state index is 5.57. The van der Waals surface area contributed by atoms with Gasteiger partial charge in [-0.05, 0) is 53.9 Å². The van der Waals surface area contributed by atoms with E-state index in [1.807, 2.05) is 0 Å². The normalized spacial score (nSPS) is 19.7. The van der Waals surface area contributed by atoms with Crippen molar-refractivity contribution in [1.29, 1.82) is 0 Å². The number of nitrogens with one attached hydrogen (secondary N) is 1. The summed E-state index contributed by atoms with van der Waals surface area (Å²) in [6, 6.07) is 2.19. The van der Waals surface area contributed by atoms with E-state index in [1.54, 1.807) is 14.2 Å². The summed E-state index contributed by atoms with van der Waals surface area (Å²) in [6.07, 6.45) is 2.43. The van der Waals surface area contributed by atoms with Crippen molar-refractivity contribution in [3.8, 4) is 11.5 Å². The second kappa shape index (κ2) is 5.93. The van der Waals surface area contributed by atoms with Crippen LogP contribution in [-0.2, 0) is 0 Å². The van der Waals surface area contributed by atoms with Crippen LogP contribution in [0.25, 0.3) is 0 Å². The third kappa shape index (κ3) is 2.50. The minimum atomic E-state index is 0.523. The standard InChI is InChI=1S/C14H20BrNO2/c1-9-7-11(10-5-4-6-16-8-10)14(18-3)12(15)13(9)17-2/h7,10,16H,4-6,8H2,1-3H3. The predicted octanol–water partition coefficient (Wildman–Crippen LogP) is 3.24. The van der Waals surface area contributed by atoms with E-state index in [-0.39, 0.29) is 0 Å². The van der Waals surface area contributed by atoms with Gasteiger partial charge in [0.05, 0.1) is 14.2 Å². The van der Waals surface area contributed by atoms with E-state index in [9.17, 15) is 0 Å². The molecule has 0 radical (unpaired) electrons. The molecule has 0 aliphatic carbocycles. The highest BCUT2D eigenvalue weighted by Gasteiger charge is 2.23.